The van der Waals surface area contributed by atoms with E-state index in [2.05, 4.69) is 6.58 Å². The summed E-state index contributed by atoms with van der Waals surface area (Å²) in [5.41, 5.74) is 2.10. The molecule has 146 valence electrons. The van der Waals surface area contributed by atoms with Gasteiger partial charge in [-0.05, 0) is 57.2 Å². The van der Waals surface area contributed by atoms with Crippen LogP contribution in [0.2, 0.25) is 0 Å². The summed E-state index contributed by atoms with van der Waals surface area (Å²) in [6, 6.07) is 3.83. The highest BCUT2D eigenvalue weighted by Crippen LogP contribution is 2.35. The molecule has 0 saturated heterocycles. The number of ketones is 1. The van der Waals surface area contributed by atoms with Gasteiger partial charge in [-0.3, -0.25) is 14.2 Å². The second-order valence-corrected chi connectivity index (χ2v) is 10.6. The summed E-state index contributed by atoms with van der Waals surface area (Å²) in [4.78, 5) is 34.7. The summed E-state index contributed by atoms with van der Waals surface area (Å²) < 4.78 is 1.70. The van der Waals surface area contributed by atoms with Crippen molar-refractivity contribution in [2.45, 2.75) is 51.2 Å². The van der Waals surface area contributed by atoms with E-state index >= 15 is 0 Å². The molecule has 0 aliphatic heterocycles. The number of Topliss-reactive ketones (excluding diaryl/α,β-unsaturated/α-hetero) is 1. The fraction of sp³-hybridized carbons (Fsp3) is 0.381. The zero-order valence-electron chi connectivity index (χ0n) is 16.0. The molecule has 0 unspecified atom stereocenters. The molecule has 3 heterocycles. The average molecular weight is 431 g/mol. The number of fused-ring (bicyclic) bond motifs is 3. The van der Waals surface area contributed by atoms with Gasteiger partial charge in [0.25, 0.3) is 5.56 Å². The largest absolute Gasteiger partial charge is 0.292 e. The van der Waals surface area contributed by atoms with Crippen LogP contribution in [0.1, 0.15) is 44.8 Å². The first-order valence-electron chi connectivity index (χ1n) is 9.36. The number of allylic oxidation sites excluding steroid dienone is 1. The Bertz CT molecular complexity index is 1140. The number of thioether (sulfide) groups is 1. The molecular weight excluding hydrogens is 408 g/mol. The molecule has 1 aliphatic carbocycles. The Hall–Kier alpha value is -1.70. The normalized spacial score (nSPS) is 13.6. The molecule has 0 aromatic carbocycles. The molecule has 0 amide bonds. The summed E-state index contributed by atoms with van der Waals surface area (Å²) in [6.45, 7) is 8.31. The molecule has 28 heavy (non-hydrogen) atoms. The third-order valence-electron chi connectivity index (χ3n) is 4.82. The number of nitrogens with zero attached hydrogens (tertiary/aromatic N) is 2. The van der Waals surface area contributed by atoms with Crippen LogP contribution in [0.5, 0.6) is 0 Å². The fourth-order valence-corrected chi connectivity index (χ4v) is 6.61. The fourth-order valence-electron chi connectivity index (χ4n) is 3.52. The van der Waals surface area contributed by atoms with Crippen molar-refractivity contribution in [1.29, 1.82) is 0 Å². The van der Waals surface area contributed by atoms with Gasteiger partial charge in [-0.15, -0.1) is 22.7 Å². The highest BCUT2D eigenvalue weighted by molar-refractivity contribution is 7.99. The molecular formula is C21H22N2O2S3. The molecule has 4 rings (SSSR count). The highest BCUT2D eigenvalue weighted by atomic mass is 32.2. The Labute approximate surface area is 176 Å². The van der Waals surface area contributed by atoms with Crippen molar-refractivity contribution >= 4 is 50.4 Å². The van der Waals surface area contributed by atoms with Gasteiger partial charge in [0.1, 0.15) is 4.83 Å². The van der Waals surface area contributed by atoms with E-state index in [0.29, 0.717) is 11.7 Å². The first-order chi connectivity index (χ1) is 13.4. The first kappa shape index (κ1) is 19.6. The SMILES string of the molecule is C=C(C)Cn1c(SCC(=O)c2ccc(C)s2)nc2sc3c(c2c1=O)CCCC3. The second-order valence-electron chi connectivity index (χ2n) is 7.26. The van der Waals surface area contributed by atoms with Gasteiger partial charge in [0.2, 0.25) is 0 Å². The predicted molar refractivity (Wildman–Crippen MR) is 119 cm³/mol. The van der Waals surface area contributed by atoms with E-state index in [1.165, 1.54) is 40.0 Å². The van der Waals surface area contributed by atoms with Crippen molar-refractivity contribution in [1.82, 2.24) is 9.55 Å². The zero-order valence-corrected chi connectivity index (χ0v) is 18.5. The van der Waals surface area contributed by atoms with Gasteiger partial charge in [0.15, 0.2) is 10.9 Å². The molecule has 0 spiro atoms. The van der Waals surface area contributed by atoms with E-state index in [1.807, 2.05) is 26.0 Å². The topological polar surface area (TPSA) is 52.0 Å². The molecule has 0 radical (unpaired) electrons. The Kier molecular flexibility index (Phi) is 5.58. The van der Waals surface area contributed by atoms with Crippen molar-refractivity contribution in [2.24, 2.45) is 0 Å². The maximum atomic E-state index is 13.3. The van der Waals surface area contributed by atoms with Crippen LogP contribution in [0.25, 0.3) is 10.2 Å². The third kappa shape index (κ3) is 3.75. The van der Waals surface area contributed by atoms with Gasteiger partial charge >= 0.3 is 0 Å². The van der Waals surface area contributed by atoms with Crippen LogP contribution in [0, 0.1) is 6.92 Å². The number of hydrogen-bond acceptors (Lipinski definition) is 6. The molecule has 0 saturated carbocycles. The van der Waals surface area contributed by atoms with Gasteiger partial charge in [-0.2, -0.15) is 0 Å². The van der Waals surface area contributed by atoms with Crippen LogP contribution in [0.15, 0.2) is 34.2 Å². The quantitative estimate of drug-likeness (QED) is 0.232. The van der Waals surface area contributed by atoms with E-state index < -0.39 is 0 Å². The van der Waals surface area contributed by atoms with Crippen LogP contribution < -0.4 is 5.56 Å². The Morgan fingerprint density at radius 3 is 2.79 bits per heavy atom. The minimum absolute atomic E-state index is 0.00863. The molecule has 0 atom stereocenters. The Morgan fingerprint density at radius 2 is 2.07 bits per heavy atom. The van der Waals surface area contributed by atoms with Crippen LogP contribution in [-0.4, -0.2) is 21.1 Å². The molecule has 3 aromatic rings. The number of aryl methyl sites for hydroxylation is 3. The zero-order chi connectivity index (χ0) is 19.8. The number of carbonyl (C=O) groups excluding carboxylic acids is 1. The minimum atomic E-state index is 0.00863. The summed E-state index contributed by atoms with van der Waals surface area (Å²) in [6.07, 6.45) is 4.30. The smallest absolute Gasteiger partial charge is 0.263 e. The second kappa shape index (κ2) is 7.97. The highest BCUT2D eigenvalue weighted by Gasteiger charge is 2.22. The lowest BCUT2D eigenvalue weighted by Crippen LogP contribution is -2.24. The molecule has 3 aromatic heterocycles. The number of rotatable bonds is 6. The summed E-state index contributed by atoms with van der Waals surface area (Å²) >= 11 is 4.50. The van der Waals surface area contributed by atoms with Gasteiger partial charge in [0, 0.05) is 16.3 Å². The standard InChI is InChI=1S/C21H22N2O2S3/c1-12(2)10-23-20(25)18-14-6-4-5-7-16(14)28-19(18)22-21(23)26-11-15(24)17-9-8-13(3)27-17/h8-9H,1,4-7,10-11H2,2-3H3. The molecule has 1 aliphatic rings. The lowest BCUT2D eigenvalue weighted by Gasteiger charge is -2.13. The van der Waals surface area contributed by atoms with Crippen molar-refractivity contribution < 1.29 is 4.79 Å². The van der Waals surface area contributed by atoms with Crippen molar-refractivity contribution in [3.8, 4) is 0 Å². The number of carbonyl (C=O) groups is 1. The Morgan fingerprint density at radius 1 is 1.29 bits per heavy atom. The van der Waals surface area contributed by atoms with Crippen molar-refractivity contribution in [3.05, 3.63) is 54.8 Å². The van der Waals surface area contributed by atoms with Gasteiger partial charge in [-0.25, -0.2) is 4.98 Å². The maximum absolute atomic E-state index is 13.3. The van der Waals surface area contributed by atoms with E-state index in [0.717, 1.165) is 44.8 Å². The number of hydrogen-bond donors (Lipinski definition) is 0. The van der Waals surface area contributed by atoms with Crippen molar-refractivity contribution in [3.63, 3.8) is 0 Å². The number of thiophene rings is 2. The lowest BCUT2D eigenvalue weighted by atomic mass is 9.97. The summed E-state index contributed by atoms with van der Waals surface area (Å²) in [7, 11) is 0. The predicted octanol–water partition coefficient (Wildman–Crippen LogP) is 5.26. The van der Waals surface area contributed by atoms with Crippen LogP contribution >= 0.6 is 34.4 Å². The monoisotopic (exact) mass is 430 g/mol. The summed E-state index contributed by atoms with van der Waals surface area (Å²) in [5, 5.41) is 1.39. The summed E-state index contributed by atoms with van der Waals surface area (Å²) in [5.74, 6) is 0.351. The molecule has 7 heteroatoms. The lowest BCUT2D eigenvalue weighted by molar-refractivity contribution is 0.102. The van der Waals surface area contributed by atoms with E-state index in [4.69, 9.17) is 4.98 Å². The number of aromatic nitrogens is 2. The van der Waals surface area contributed by atoms with Gasteiger partial charge in [0.05, 0.1) is 16.0 Å². The third-order valence-corrected chi connectivity index (χ3v) is 8.02. The minimum Gasteiger partial charge on any atom is -0.292 e. The van der Waals surface area contributed by atoms with Crippen LogP contribution in [0.4, 0.5) is 0 Å². The van der Waals surface area contributed by atoms with E-state index in [9.17, 15) is 9.59 Å². The first-order valence-corrected chi connectivity index (χ1v) is 12.0. The van der Waals surface area contributed by atoms with E-state index in [-0.39, 0.29) is 17.1 Å². The molecule has 0 bridgehead atoms. The van der Waals surface area contributed by atoms with Crippen LogP contribution in [0.3, 0.4) is 0 Å². The van der Waals surface area contributed by atoms with Crippen molar-refractivity contribution in [2.75, 3.05) is 5.75 Å². The Balaban J connectivity index is 1.72. The molecule has 4 nitrogen and oxygen atoms in total. The average Bonchev–Trinajstić information content (AvgIpc) is 3.25. The van der Waals surface area contributed by atoms with Gasteiger partial charge < -0.3 is 0 Å². The van der Waals surface area contributed by atoms with Gasteiger partial charge in [-0.1, -0.05) is 23.9 Å². The van der Waals surface area contributed by atoms with Crippen LogP contribution in [-0.2, 0) is 19.4 Å². The molecule has 0 N–H and O–H groups in total. The molecule has 0 fully saturated rings. The maximum Gasteiger partial charge on any atom is 0.263 e. The van der Waals surface area contributed by atoms with E-state index in [1.54, 1.807) is 15.9 Å².